The molecule has 0 aliphatic carbocycles. The minimum atomic E-state index is -0.254. The number of H-pyrrole nitrogens is 1. The molecule has 0 amide bonds. The summed E-state index contributed by atoms with van der Waals surface area (Å²) in [5.41, 5.74) is 0.800. The molecule has 0 spiro atoms. The number of fused-ring (bicyclic) bond motifs is 1. The van der Waals surface area contributed by atoms with Crippen LogP contribution in [0.1, 0.15) is 0 Å². The summed E-state index contributed by atoms with van der Waals surface area (Å²) in [6.45, 7) is 0. The summed E-state index contributed by atoms with van der Waals surface area (Å²) in [5, 5.41) is 0.927. The molecule has 0 aliphatic rings. The molecule has 0 unspecified atom stereocenters. The lowest BCUT2D eigenvalue weighted by Gasteiger charge is -1.86. The number of benzene rings is 1. The zero-order chi connectivity index (χ0) is 7.84. The second kappa shape index (κ2) is 2.48. The number of aromatic nitrogens is 1. The smallest absolute Gasteiger partial charge is 0.125 e. The Morgan fingerprint density at radius 3 is 3.09 bits per heavy atom. The highest BCUT2D eigenvalue weighted by Crippen LogP contribution is 2.16. The van der Waals surface area contributed by atoms with Crippen LogP contribution in [-0.4, -0.2) is 4.98 Å². The van der Waals surface area contributed by atoms with Gasteiger partial charge in [0.05, 0.1) is 3.70 Å². The van der Waals surface area contributed by atoms with Crippen LogP contribution in [0.4, 0.5) is 4.39 Å². The first-order chi connectivity index (χ1) is 5.25. The standard InChI is InChI=1S/C8H4FIN/c9-6-2-1-5-3-8(10)11-7(5)4-6/h2-4,11H. The first kappa shape index (κ1) is 7.09. The Labute approximate surface area is 76.7 Å². The van der Waals surface area contributed by atoms with Crippen LogP contribution < -0.4 is 0 Å². The van der Waals surface area contributed by atoms with Crippen molar-refractivity contribution in [1.29, 1.82) is 0 Å². The number of rotatable bonds is 0. The lowest BCUT2D eigenvalue weighted by molar-refractivity contribution is 0.629. The third kappa shape index (κ3) is 1.24. The van der Waals surface area contributed by atoms with Crippen molar-refractivity contribution in [2.45, 2.75) is 0 Å². The minimum absolute atomic E-state index is 0.254. The molecule has 1 radical (unpaired) electrons. The van der Waals surface area contributed by atoms with Crippen LogP contribution >= 0.6 is 22.6 Å². The molecule has 2 aromatic rings. The van der Waals surface area contributed by atoms with E-state index in [2.05, 4.69) is 33.6 Å². The van der Waals surface area contributed by atoms with Crippen molar-refractivity contribution in [2.24, 2.45) is 0 Å². The molecule has 0 aliphatic heterocycles. The molecular formula is C8H4FIN. The van der Waals surface area contributed by atoms with E-state index in [0.717, 1.165) is 14.6 Å². The Balaban J connectivity index is 2.82. The van der Waals surface area contributed by atoms with E-state index in [4.69, 9.17) is 0 Å². The van der Waals surface area contributed by atoms with Gasteiger partial charge in [-0.05, 0) is 46.9 Å². The van der Waals surface area contributed by atoms with Crippen molar-refractivity contribution in [3.63, 3.8) is 0 Å². The maximum Gasteiger partial charge on any atom is 0.125 e. The summed E-state index contributed by atoms with van der Waals surface area (Å²) >= 11 is 2.15. The van der Waals surface area contributed by atoms with Gasteiger partial charge in [0.1, 0.15) is 5.82 Å². The van der Waals surface area contributed by atoms with Gasteiger partial charge in [0, 0.05) is 10.9 Å². The summed E-state index contributed by atoms with van der Waals surface area (Å²) in [4.78, 5) is 3.01. The summed E-state index contributed by atoms with van der Waals surface area (Å²) in [6, 6.07) is 7.56. The molecule has 0 bridgehead atoms. The molecule has 2 rings (SSSR count). The summed E-state index contributed by atoms with van der Waals surface area (Å²) < 4.78 is 13.6. The van der Waals surface area contributed by atoms with E-state index in [0.29, 0.717) is 0 Å². The molecule has 1 nitrogen and oxygen atoms in total. The SMILES string of the molecule is Fc1c[c]c2cc(I)[nH]c2c1. The maximum absolute atomic E-state index is 12.6. The normalized spacial score (nSPS) is 10.7. The fourth-order valence-corrected chi connectivity index (χ4v) is 1.60. The van der Waals surface area contributed by atoms with Gasteiger partial charge in [0.15, 0.2) is 0 Å². The van der Waals surface area contributed by atoms with Gasteiger partial charge in [0.2, 0.25) is 0 Å². The Hall–Kier alpha value is -0.580. The molecule has 1 aromatic carbocycles. The topological polar surface area (TPSA) is 15.8 Å². The first-order valence-corrected chi connectivity index (χ1v) is 4.19. The van der Waals surface area contributed by atoms with E-state index >= 15 is 0 Å². The van der Waals surface area contributed by atoms with Gasteiger partial charge in [-0.2, -0.15) is 0 Å². The van der Waals surface area contributed by atoms with Gasteiger partial charge in [-0.1, -0.05) is 0 Å². The molecule has 0 saturated heterocycles. The van der Waals surface area contributed by atoms with Crippen LogP contribution in [0, 0.1) is 15.6 Å². The van der Waals surface area contributed by atoms with E-state index in [1.807, 2.05) is 6.07 Å². The zero-order valence-corrected chi connectivity index (χ0v) is 7.65. The average molecular weight is 260 g/mol. The van der Waals surface area contributed by atoms with Gasteiger partial charge in [-0.3, -0.25) is 0 Å². The number of hydrogen-bond donors (Lipinski definition) is 1. The zero-order valence-electron chi connectivity index (χ0n) is 5.49. The highest BCUT2D eigenvalue weighted by atomic mass is 127. The molecule has 3 heteroatoms. The highest BCUT2D eigenvalue weighted by Gasteiger charge is 1.98. The Morgan fingerprint density at radius 2 is 2.27 bits per heavy atom. The van der Waals surface area contributed by atoms with Crippen molar-refractivity contribution < 1.29 is 4.39 Å². The lowest BCUT2D eigenvalue weighted by Crippen LogP contribution is -1.72. The van der Waals surface area contributed by atoms with Gasteiger partial charge >= 0.3 is 0 Å². The van der Waals surface area contributed by atoms with Crippen LogP contribution in [0.3, 0.4) is 0 Å². The molecule has 11 heavy (non-hydrogen) atoms. The molecule has 1 heterocycles. The third-order valence-electron chi connectivity index (χ3n) is 1.46. The molecule has 0 saturated carbocycles. The minimum Gasteiger partial charge on any atom is -0.350 e. The summed E-state index contributed by atoms with van der Waals surface area (Å²) in [7, 11) is 0. The van der Waals surface area contributed by atoms with Gasteiger partial charge in [-0.25, -0.2) is 4.39 Å². The van der Waals surface area contributed by atoms with Crippen molar-refractivity contribution >= 4 is 33.5 Å². The molecule has 55 valence electrons. The van der Waals surface area contributed by atoms with E-state index in [-0.39, 0.29) is 5.82 Å². The Bertz CT molecular complexity index is 394. The number of halogens is 2. The Kier molecular flexibility index (Phi) is 1.60. The molecule has 0 fully saturated rings. The fourth-order valence-electron chi connectivity index (χ4n) is 0.996. The monoisotopic (exact) mass is 260 g/mol. The molecule has 1 N–H and O–H groups in total. The van der Waals surface area contributed by atoms with Crippen molar-refractivity contribution in [3.8, 4) is 0 Å². The Morgan fingerprint density at radius 1 is 1.45 bits per heavy atom. The van der Waals surface area contributed by atoms with Crippen molar-refractivity contribution in [2.75, 3.05) is 0 Å². The fraction of sp³-hybridized carbons (Fsp3) is 0. The molecular weight excluding hydrogens is 256 g/mol. The molecule has 1 aromatic heterocycles. The van der Waals surface area contributed by atoms with E-state index < -0.39 is 0 Å². The van der Waals surface area contributed by atoms with Crippen LogP contribution in [0.5, 0.6) is 0 Å². The maximum atomic E-state index is 12.6. The van der Waals surface area contributed by atoms with Crippen molar-refractivity contribution in [3.05, 3.63) is 33.8 Å². The second-order valence-corrected chi connectivity index (χ2v) is 3.42. The second-order valence-electron chi connectivity index (χ2n) is 2.26. The van der Waals surface area contributed by atoms with Crippen LogP contribution in [-0.2, 0) is 0 Å². The summed E-state index contributed by atoms with van der Waals surface area (Å²) in [5.74, 6) is -0.254. The largest absolute Gasteiger partial charge is 0.350 e. The average Bonchev–Trinajstić information content (AvgIpc) is 2.27. The number of hydrogen-bond acceptors (Lipinski definition) is 0. The van der Waals surface area contributed by atoms with Gasteiger partial charge in [-0.15, -0.1) is 0 Å². The molecule has 0 atom stereocenters. The van der Waals surface area contributed by atoms with Crippen LogP contribution in [0.25, 0.3) is 10.9 Å². The van der Waals surface area contributed by atoms with Gasteiger partial charge in [0.25, 0.3) is 0 Å². The van der Waals surface area contributed by atoms with Gasteiger partial charge < -0.3 is 4.98 Å². The summed E-state index contributed by atoms with van der Waals surface area (Å²) in [6.07, 6.45) is 0. The predicted molar refractivity (Wildman–Crippen MR) is 49.8 cm³/mol. The number of nitrogens with one attached hydrogen (secondary N) is 1. The lowest BCUT2D eigenvalue weighted by atomic mass is 10.2. The van der Waals surface area contributed by atoms with E-state index in [1.54, 1.807) is 0 Å². The quantitative estimate of drug-likeness (QED) is 0.701. The van der Waals surface area contributed by atoms with E-state index in [9.17, 15) is 4.39 Å². The van der Waals surface area contributed by atoms with Crippen molar-refractivity contribution in [1.82, 2.24) is 4.98 Å². The number of aromatic amines is 1. The van der Waals surface area contributed by atoms with E-state index in [1.165, 1.54) is 12.1 Å². The highest BCUT2D eigenvalue weighted by molar-refractivity contribution is 14.1. The predicted octanol–water partition coefficient (Wildman–Crippen LogP) is 2.71. The first-order valence-electron chi connectivity index (χ1n) is 3.11. The van der Waals surface area contributed by atoms with Crippen LogP contribution in [0.15, 0.2) is 18.2 Å². The van der Waals surface area contributed by atoms with Crippen LogP contribution in [0.2, 0.25) is 0 Å². The third-order valence-corrected chi connectivity index (χ3v) is 2.04.